The van der Waals surface area contributed by atoms with Crippen molar-refractivity contribution in [2.75, 3.05) is 12.0 Å². The highest BCUT2D eigenvalue weighted by molar-refractivity contribution is 6.51. The number of amides is 1. The predicted molar refractivity (Wildman–Crippen MR) is 121 cm³/mol. The molecule has 35 heavy (non-hydrogen) atoms. The number of nitrogens with zero attached hydrogens (tertiary/aromatic N) is 1. The fourth-order valence-corrected chi connectivity index (χ4v) is 4.08. The van der Waals surface area contributed by atoms with E-state index in [0.717, 1.165) is 35.2 Å². The van der Waals surface area contributed by atoms with Crippen LogP contribution in [0.4, 0.5) is 23.2 Å². The van der Waals surface area contributed by atoms with Gasteiger partial charge < -0.3 is 9.84 Å². The summed E-state index contributed by atoms with van der Waals surface area (Å²) in [6, 6.07) is 11.5. The molecule has 10 heteroatoms. The summed E-state index contributed by atoms with van der Waals surface area (Å²) in [7, 11) is 1.31. The van der Waals surface area contributed by atoms with E-state index in [4.69, 9.17) is 16.3 Å². The third-order valence-electron chi connectivity index (χ3n) is 5.53. The van der Waals surface area contributed by atoms with Gasteiger partial charge in [-0.25, -0.2) is 4.39 Å². The van der Waals surface area contributed by atoms with Crippen molar-refractivity contribution in [3.05, 3.63) is 99.8 Å². The molecule has 5 nitrogen and oxygen atoms in total. The maximum atomic E-state index is 14.9. The molecule has 1 aliphatic rings. The molecular formula is C25H16ClF4NO4. The summed E-state index contributed by atoms with van der Waals surface area (Å²) >= 11 is 6.04. The summed E-state index contributed by atoms with van der Waals surface area (Å²) in [4.78, 5) is 27.1. The second kappa shape index (κ2) is 9.07. The number of hydrogen-bond donors (Lipinski definition) is 1. The van der Waals surface area contributed by atoms with Crippen LogP contribution >= 0.6 is 11.6 Å². The number of ether oxygens (including phenoxy) is 1. The summed E-state index contributed by atoms with van der Waals surface area (Å²) in [5.74, 6) is -3.65. The van der Waals surface area contributed by atoms with Gasteiger partial charge in [0, 0.05) is 16.3 Å². The average Bonchev–Trinajstić information content (AvgIpc) is 3.08. The van der Waals surface area contributed by atoms with E-state index < -0.39 is 46.6 Å². The Labute approximate surface area is 201 Å². The van der Waals surface area contributed by atoms with Gasteiger partial charge in [0.25, 0.3) is 11.7 Å². The van der Waals surface area contributed by atoms with Crippen LogP contribution < -0.4 is 9.64 Å². The first-order valence-electron chi connectivity index (χ1n) is 10.1. The summed E-state index contributed by atoms with van der Waals surface area (Å²) < 4.78 is 59.3. The number of benzene rings is 3. The van der Waals surface area contributed by atoms with Crippen LogP contribution in [0.15, 0.2) is 72.3 Å². The molecular weight excluding hydrogens is 490 g/mol. The van der Waals surface area contributed by atoms with Crippen molar-refractivity contribution in [3.63, 3.8) is 0 Å². The van der Waals surface area contributed by atoms with Crippen molar-refractivity contribution < 1.29 is 37.0 Å². The lowest BCUT2D eigenvalue weighted by molar-refractivity contribution is -0.137. The molecule has 1 unspecified atom stereocenters. The van der Waals surface area contributed by atoms with Gasteiger partial charge in [-0.3, -0.25) is 14.5 Å². The van der Waals surface area contributed by atoms with Crippen LogP contribution in [-0.4, -0.2) is 23.9 Å². The first-order valence-corrected chi connectivity index (χ1v) is 10.5. The maximum absolute atomic E-state index is 14.9. The number of hydrogen-bond acceptors (Lipinski definition) is 4. The molecule has 0 aromatic heterocycles. The molecule has 0 bridgehead atoms. The van der Waals surface area contributed by atoms with Gasteiger partial charge in [0.05, 0.1) is 29.9 Å². The zero-order valence-corrected chi connectivity index (χ0v) is 18.7. The number of halogens is 5. The number of rotatable bonds is 4. The van der Waals surface area contributed by atoms with E-state index in [1.165, 1.54) is 43.5 Å². The lowest BCUT2D eigenvalue weighted by Gasteiger charge is -2.26. The topological polar surface area (TPSA) is 66.8 Å². The second-order valence-electron chi connectivity index (χ2n) is 7.58. The Morgan fingerprint density at radius 3 is 2.29 bits per heavy atom. The van der Waals surface area contributed by atoms with Gasteiger partial charge in [-0.15, -0.1) is 0 Å². The highest BCUT2D eigenvalue weighted by Gasteiger charge is 2.48. The van der Waals surface area contributed by atoms with Crippen LogP contribution in [0.5, 0.6) is 5.75 Å². The Bertz CT molecular complexity index is 1350. The number of carbonyl (C=O) groups excluding carboxylic acids is 2. The molecule has 0 saturated carbocycles. The van der Waals surface area contributed by atoms with Crippen LogP contribution in [0, 0.1) is 5.82 Å². The van der Waals surface area contributed by atoms with E-state index in [1.54, 1.807) is 0 Å². The van der Waals surface area contributed by atoms with Crippen LogP contribution in [0.3, 0.4) is 0 Å². The zero-order valence-electron chi connectivity index (χ0n) is 17.9. The number of methoxy groups -OCH3 is 1. The molecule has 3 aromatic rings. The van der Waals surface area contributed by atoms with Crippen molar-refractivity contribution in [3.8, 4) is 5.75 Å². The lowest BCUT2D eigenvalue weighted by atomic mass is 9.94. The number of carbonyl (C=O) groups is 2. The first-order chi connectivity index (χ1) is 16.5. The third-order valence-corrected chi connectivity index (χ3v) is 5.77. The number of aliphatic hydroxyl groups excluding tert-OH is 1. The minimum atomic E-state index is -4.62. The minimum absolute atomic E-state index is 0.0215. The summed E-state index contributed by atoms with van der Waals surface area (Å²) in [5, 5.41) is 11.3. The van der Waals surface area contributed by atoms with E-state index in [-0.39, 0.29) is 27.6 Å². The quantitative estimate of drug-likeness (QED) is 0.200. The molecule has 1 atom stereocenters. The molecule has 180 valence electrons. The first kappa shape index (κ1) is 24.3. The van der Waals surface area contributed by atoms with Crippen molar-refractivity contribution in [1.29, 1.82) is 0 Å². The molecule has 1 fully saturated rings. The number of anilines is 1. The summed E-state index contributed by atoms with van der Waals surface area (Å²) in [6.45, 7) is 0. The van der Waals surface area contributed by atoms with Crippen LogP contribution in [0.1, 0.15) is 22.7 Å². The molecule has 4 rings (SSSR count). The van der Waals surface area contributed by atoms with Crippen LogP contribution in [-0.2, 0) is 15.8 Å². The highest BCUT2D eigenvalue weighted by atomic mass is 35.5. The van der Waals surface area contributed by atoms with Crippen LogP contribution in [0.25, 0.3) is 5.76 Å². The number of alkyl halides is 3. The second-order valence-corrected chi connectivity index (χ2v) is 8.02. The highest BCUT2D eigenvalue weighted by Crippen LogP contribution is 2.44. The van der Waals surface area contributed by atoms with Crippen molar-refractivity contribution >= 4 is 34.7 Å². The van der Waals surface area contributed by atoms with Gasteiger partial charge in [0.2, 0.25) is 0 Å². The van der Waals surface area contributed by atoms with Gasteiger partial charge in [-0.05, 0) is 48.5 Å². The fraction of sp³-hybridized carbons (Fsp3) is 0.120. The van der Waals surface area contributed by atoms with Gasteiger partial charge in [-0.1, -0.05) is 29.8 Å². The fourth-order valence-electron chi connectivity index (χ4n) is 3.91. The standard InChI is InChI=1S/C25H16ClF4NO4/c1-35-19-11-8-14(26)12-17(19)22(32)20-21(16-4-2-3-5-18(16)27)31(24(34)23(20)33)15-9-6-13(7-10-15)25(28,29)30/h2-12,21,32H,1H3/b22-20+. The van der Waals surface area contributed by atoms with E-state index >= 15 is 0 Å². The van der Waals surface area contributed by atoms with E-state index in [9.17, 15) is 32.3 Å². The lowest BCUT2D eigenvalue weighted by Crippen LogP contribution is -2.30. The number of aliphatic hydroxyl groups is 1. The van der Waals surface area contributed by atoms with Gasteiger partial charge in [-0.2, -0.15) is 13.2 Å². The van der Waals surface area contributed by atoms with Gasteiger partial charge >= 0.3 is 6.18 Å². The minimum Gasteiger partial charge on any atom is -0.507 e. The Balaban J connectivity index is 1.97. The van der Waals surface area contributed by atoms with Gasteiger partial charge in [0.1, 0.15) is 17.3 Å². The summed E-state index contributed by atoms with van der Waals surface area (Å²) in [6.07, 6.45) is -4.62. The maximum Gasteiger partial charge on any atom is 0.416 e. The van der Waals surface area contributed by atoms with E-state index in [2.05, 4.69) is 0 Å². The Hall–Kier alpha value is -3.85. The molecule has 0 aliphatic carbocycles. The monoisotopic (exact) mass is 505 g/mol. The largest absolute Gasteiger partial charge is 0.507 e. The predicted octanol–water partition coefficient (Wildman–Crippen LogP) is 6.13. The Kier molecular flexibility index (Phi) is 6.29. The van der Waals surface area contributed by atoms with Gasteiger partial charge in [0.15, 0.2) is 0 Å². The van der Waals surface area contributed by atoms with E-state index in [1.807, 2.05) is 0 Å². The average molecular weight is 506 g/mol. The SMILES string of the molecule is COc1ccc(Cl)cc1/C(O)=C1\C(=O)C(=O)N(c2ccc(C(F)(F)F)cc2)C1c1ccccc1F. The molecule has 1 saturated heterocycles. The Morgan fingerprint density at radius 2 is 1.69 bits per heavy atom. The van der Waals surface area contributed by atoms with Crippen molar-refractivity contribution in [2.45, 2.75) is 12.2 Å². The zero-order chi connectivity index (χ0) is 25.5. The third kappa shape index (κ3) is 4.35. The molecule has 0 spiro atoms. The molecule has 1 N–H and O–H groups in total. The smallest absolute Gasteiger partial charge is 0.416 e. The molecule has 1 amide bonds. The normalized spacial score (nSPS) is 17.7. The number of ketones is 1. The molecule has 3 aromatic carbocycles. The Morgan fingerprint density at radius 1 is 1.03 bits per heavy atom. The molecule has 1 heterocycles. The van der Waals surface area contributed by atoms with E-state index in [0.29, 0.717) is 0 Å². The summed E-state index contributed by atoms with van der Waals surface area (Å²) in [5.41, 5.74) is -1.70. The molecule has 0 radical (unpaired) electrons. The number of Topliss-reactive ketones (excluding diaryl/α,β-unsaturated/α-hetero) is 1. The van der Waals surface area contributed by atoms with Crippen molar-refractivity contribution in [2.24, 2.45) is 0 Å². The van der Waals surface area contributed by atoms with Crippen molar-refractivity contribution in [1.82, 2.24) is 0 Å². The molecule has 1 aliphatic heterocycles. The van der Waals surface area contributed by atoms with Crippen LogP contribution in [0.2, 0.25) is 5.02 Å².